The summed E-state index contributed by atoms with van der Waals surface area (Å²) in [5.41, 5.74) is 2.34. The first-order valence-electron chi connectivity index (χ1n) is 8.57. The number of imidazole rings is 1. The third-order valence-corrected chi connectivity index (χ3v) is 4.70. The average molecular weight is 340 g/mol. The van der Waals surface area contributed by atoms with Crippen LogP contribution in [-0.4, -0.2) is 39.5 Å². The Morgan fingerprint density at radius 1 is 1.28 bits per heavy atom. The molecule has 0 saturated carbocycles. The maximum absolute atomic E-state index is 12.8. The SMILES string of the molecule is CCCCOc1ccc(N2C(=O)C3Cc4nc[nH]c4CN3C2=O)cc1. The van der Waals surface area contributed by atoms with Crippen LogP contribution in [0.3, 0.4) is 0 Å². The number of amides is 3. The third-order valence-electron chi connectivity index (χ3n) is 4.70. The van der Waals surface area contributed by atoms with E-state index in [0.29, 0.717) is 25.3 Å². The van der Waals surface area contributed by atoms with Gasteiger partial charge in [-0.15, -0.1) is 0 Å². The second-order valence-corrected chi connectivity index (χ2v) is 6.33. The van der Waals surface area contributed by atoms with Crippen LogP contribution < -0.4 is 9.64 Å². The smallest absolute Gasteiger partial charge is 0.332 e. The number of aromatic nitrogens is 2. The highest BCUT2D eigenvalue weighted by atomic mass is 16.5. The fourth-order valence-electron chi connectivity index (χ4n) is 3.29. The zero-order valence-corrected chi connectivity index (χ0v) is 14.1. The predicted molar refractivity (Wildman–Crippen MR) is 91.3 cm³/mol. The van der Waals surface area contributed by atoms with Crippen LogP contribution in [0.5, 0.6) is 5.75 Å². The number of carbonyl (C=O) groups excluding carboxylic acids is 2. The lowest BCUT2D eigenvalue weighted by Crippen LogP contribution is -2.40. The molecule has 0 radical (unpaired) electrons. The van der Waals surface area contributed by atoms with Crippen molar-refractivity contribution >= 4 is 17.6 Å². The lowest BCUT2D eigenvalue weighted by atomic mass is 10.0. The van der Waals surface area contributed by atoms with Gasteiger partial charge in [-0.2, -0.15) is 0 Å². The van der Waals surface area contributed by atoms with Crippen molar-refractivity contribution in [1.29, 1.82) is 0 Å². The highest BCUT2D eigenvalue weighted by molar-refractivity contribution is 6.21. The van der Waals surface area contributed by atoms with Crippen molar-refractivity contribution in [3.63, 3.8) is 0 Å². The summed E-state index contributed by atoms with van der Waals surface area (Å²) in [5.74, 6) is 0.548. The fourth-order valence-corrected chi connectivity index (χ4v) is 3.29. The van der Waals surface area contributed by atoms with E-state index in [4.69, 9.17) is 4.74 Å². The van der Waals surface area contributed by atoms with E-state index in [2.05, 4.69) is 16.9 Å². The van der Waals surface area contributed by atoms with Crippen molar-refractivity contribution in [2.75, 3.05) is 11.5 Å². The van der Waals surface area contributed by atoms with E-state index < -0.39 is 6.04 Å². The van der Waals surface area contributed by atoms with E-state index in [1.807, 2.05) is 0 Å². The van der Waals surface area contributed by atoms with Gasteiger partial charge in [0.15, 0.2) is 0 Å². The van der Waals surface area contributed by atoms with Crippen molar-refractivity contribution in [2.45, 2.75) is 38.8 Å². The first-order valence-corrected chi connectivity index (χ1v) is 8.57. The Labute approximate surface area is 145 Å². The van der Waals surface area contributed by atoms with Gasteiger partial charge in [-0.3, -0.25) is 4.79 Å². The molecule has 0 aliphatic carbocycles. The number of nitrogens with zero attached hydrogens (tertiary/aromatic N) is 3. The molecule has 1 unspecified atom stereocenters. The summed E-state index contributed by atoms with van der Waals surface area (Å²) in [4.78, 5) is 35.7. The van der Waals surface area contributed by atoms with Crippen molar-refractivity contribution in [2.24, 2.45) is 0 Å². The number of carbonyl (C=O) groups is 2. The monoisotopic (exact) mass is 340 g/mol. The number of imide groups is 1. The molecule has 1 aromatic carbocycles. The van der Waals surface area contributed by atoms with Crippen LogP contribution in [0, 0.1) is 0 Å². The topological polar surface area (TPSA) is 78.5 Å². The van der Waals surface area contributed by atoms with Crippen LogP contribution in [-0.2, 0) is 17.8 Å². The molecule has 7 heteroatoms. The maximum atomic E-state index is 12.8. The molecule has 1 saturated heterocycles. The molecular weight excluding hydrogens is 320 g/mol. The number of urea groups is 1. The summed E-state index contributed by atoms with van der Waals surface area (Å²) in [5, 5.41) is 0. The summed E-state index contributed by atoms with van der Waals surface area (Å²) in [6, 6.07) is 6.36. The average Bonchev–Trinajstić information content (AvgIpc) is 3.18. The van der Waals surface area contributed by atoms with Gasteiger partial charge in [0.1, 0.15) is 11.8 Å². The quantitative estimate of drug-likeness (QED) is 0.670. The first kappa shape index (κ1) is 15.7. The third kappa shape index (κ3) is 2.65. The number of H-pyrrole nitrogens is 1. The Hall–Kier alpha value is -2.83. The largest absolute Gasteiger partial charge is 0.494 e. The lowest BCUT2D eigenvalue weighted by Gasteiger charge is -2.25. The number of unbranched alkanes of at least 4 members (excludes halogenated alkanes) is 1. The molecule has 2 aliphatic heterocycles. The van der Waals surface area contributed by atoms with E-state index in [1.165, 1.54) is 4.90 Å². The molecule has 1 aromatic heterocycles. The van der Waals surface area contributed by atoms with E-state index in [-0.39, 0.29) is 11.9 Å². The molecule has 7 nitrogen and oxygen atoms in total. The Morgan fingerprint density at radius 3 is 2.84 bits per heavy atom. The molecule has 2 aliphatic rings. The van der Waals surface area contributed by atoms with Crippen LogP contribution >= 0.6 is 0 Å². The van der Waals surface area contributed by atoms with Crippen LogP contribution in [0.25, 0.3) is 0 Å². The molecule has 2 aromatic rings. The number of nitrogens with one attached hydrogen (secondary N) is 1. The zero-order valence-electron chi connectivity index (χ0n) is 14.1. The number of aromatic amines is 1. The number of ether oxygens (including phenoxy) is 1. The van der Waals surface area contributed by atoms with Gasteiger partial charge in [0.25, 0.3) is 5.91 Å². The van der Waals surface area contributed by atoms with E-state index in [1.54, 1.807) is 35.5 Å². The fraction of sp³-hybridized carbons (Fsp3) is 0.389. The van der Waals surface area contributed by atoms with Crippen molar-refractivity contribution in [3.05, 3.63) is 42.0 Å². The summed E-state index contributed by atoms with van der Waals surface area (Å²) >= 11 is 0. The molecule has 3 amide bonds. The number of anilines is 1. The molecule has 1 N–H and O–H groups in total. The molecule has 1 fully saturated rings. The van der Waals surface area contributed by atoms with Gasteiger partial charge in [0.05, 0.1) is 36.6 Å². The molecule has 3 heterocycles. The van der Waals surface area contributed by atoms with Crippen molar-refractivity contribution in [3.8, 4) is 5.75 Å². The van der Waals surface area contributed by atoms with Gasteiger partial charge in [0.2, 0.25) is 0 Å². The molecule has 1 atom stereocenters. The number of hydrogen-bond donors (Lipinski definition) is 1. The second kappa shape index (κ2) is 6.23. The minimum atomic E-state index is -0.469. The zero-order chi connectivity index (χ0) is 17.4. The Balaban J connectivity index is 1.53. The lowest BCUT2D eigenvalue weighted by molar-refractivity contribution is -0.120. The van der Waals surface area contributed by atoms with Gasteiger partial charge in [0, 0.05) is 6.42 Å². The molecule has 4 rings (SSSR count). The summed E-state index contributed by atoms with van der Waals surface area (Å²) in [7, 11) is 0. The van der Waals surface area contributed by atoms with Crippen LogP contribution in [0.2, 0.25) is 0 Å². The normalized spacial score (nSPS) is 19.2. The second-order valence-electron chi connectivity index (χ2n) is 6.33. The summed E-state index contributed by atoms with van der Waals surface area (Å²) in [6.45, 7) is 3.16. The molecule has 0 bridgehead atoms. The summed E-state index contributed by atoms with van der Waals surface area (Å²) in [6.07, 6.45) is 4.13. The van der Waals surface area contributed by atoms with Gasteiger partial charge < -0.3 is 14.6 Å². The van der Waals surface area contributed by atoms with Crippen LogP contribution in [0.4, 0.5) is 10.5 Å². The van der Waals surface area contributed by atoms with Gasteiger partial charge in [-0.05, 0) is 30.7 Å². The molecule has 0 spiro atoms. The van der Waals surface area contributed by atoms with Gasteiger partial charge >= 0.3 is 6.03 Å². The summed E-state index contributed by atoms with van der Waals surface area (Å²) < 4.78 is 5.63. The molecule has 130 valence electrons. The highest BCUT2D eigenvalue weighted by Gasteiger charge is 2.48. The van der Waals surface area contributed by atoms with E-state index in [0.717, 1.165) is 30.0 Å². The van der Waals surface area contributed by atoms with Crippen LogP contribution in [0.1, 0.15) is 31.2 Å². The predicted octanol–water partition coefficient (Wildman–Crippen LogP) is 2.48. The minimum absolute atomic E-state index is 0.196. The minimum Gasteiger partial charge on any atom is -0.494 e. The van der Waals surface area contributed by atoms with E-state index in [9.17, 15) is 9.59 Å². The first-order chi connectivity index (χ1) is 12.2. The molecular formula is C18H20N4O3. The maximum Gasteiger partial charge on any atom is 0.332 e. The number of hydrogen-bond acceptors (Lipinski definition) is 4. The Bertz CT molecular complexity index is 760. The van der Waals surface area contributed by atoms with Gasteiger partial charge in [-0.25, -0.2) is 14.7 Å². The van der Waals surface area contributed by atoms with Crippen molar-refractivity contribution < 1.29 is 14.3 Å². The Morgan fingerprint density at radius 2 is 2.08 bits per heavy atom. The molecule has 25 heavy (non-hydrogen) atoms. The standard InChI is InChI=1S/C18H20N4O3/c1-2-3-8-25-13-6-4-12(5-7-13)22-17(23)16-9-14-15(20-11-19-14)10-21(16)18(22)24/h4-7,11,16H,2-3,8-10H2,1H3,(H,19,20). The van der Waals surface area contributed by atoms with E-state index >= 15 is 0 Å². The number of benzene rings is 1. The van der Waals surface area contributed by atoms with Gasteiger partial charge in [-0.1, -0.05) is 13.3 Å². The number of rotatable bonds is 5. The highest BCUT2D eigenvalue weighted by Crippen LogP contribution is 2.32. The van der Waals surface area contributed by atoms with Crippen molar-refractivity contribution in [1.82, 2.24) is 14.9 Å². The van der Waals surface area contributed by atoms with Crippen LogP contribution in [0.15, 0.2) is 30.6 Å². The Kier molecular flexibility index (Phi) is 3.91. The number of fused-ring (bicyclic) bond motifs is 2.